The number of nitrogens with zero attached hydrogens (tertiary/aromatic N) is 2. The fraction of sp³-hybridized carbons (Fsp3) is 0.600. The monoisotopic (exact) mass is 311 g/mol. The van der Waals surface area contributed by atoms with Crippen LogP contribution in [0, 0.1) is 0 Å². The molecule has 1 heterocycles. The van der Waals surface area contributed by atoms with Crippen molar-refractivity contribution in [1.29, 1.82) is 0 Å². The van der Waals surface area contributed by atoms with Gasteiger partial charge in [-0.15, -0.1) is 0 Å². The van der Waals surface area contributed by atoms with Crippen molar-refractivity contribution in [3.05, 3.63) is 35.9 Å². The van der Waals surface area contributed by atoms with Gasteiger partial charge in [-0.1, -0.05) is 30.3 Å². The first kappa shape index (κ1) is 16.4. The molecule has 1 aromatic carbocycles. The molecule has 1 atom stereocenters. The SMILES string of the molecule is CCS(=O)(=O)N[C@@H](CN1CCN(C)CC1)c1ccccc1. The summed E-state index contributed by atoms with van der Waals surface area (Å²) in [5.74, 6) is 0.110. The molecule has 5 nitrogen and oxygen atoms in total. The highest BCUT2D eigenvalue weighted by atomic mass is 32.2. The smallest absolute Gasteiger partial charge is 0.211 e. The molecule has 1 aliphatic heterocycles. The van der Waals surface area contributed by atoms with Crippen LogP contribution < -0.4 is 4.72 Å². The third kappa shape index (κ3) is 5.07. The van der Waals surface area contributed by atoms with Crippen molar-refractivity contribution < 1.29 is 8.42 Å². The fourth-order valence-electron chi connectivity index (χ4n) is 2.48. The van der Waals surface area contributed by atoms with Crippen LogP contribution in [-0.2, 0) is 10.0 Å². The average Bonchev–Trinajstić information content (AvgIpc) is 2.49. The summed E-state index contributed by atoms with van der Waals surface area (Å²) in [6.45, 7) is 6.41. The van der Waals surface area contributed by atoms with Crippen LogP contribution in [0.2, 0.25) is 0 Å². The topological polar surface area (TPSA) is 52.7 Å². The predicted octanol–water partition coefficient (Wildman–Crippen LogP) is 0.914. The van der Waals surface area contributed by atoms with Gasteiger partial charge in [-0.3, -0.25) is 4.90 Å². The highest BCUT2D eigenvalue weighted by molar-refractivity contribution is 7.89. The second-order valence-corrected chi connectivity index (χ2v) is 7.63. The molecule has 1 aromatic rings. The number of likely N-dealkylation sites (N-methyl/N-ethyl adjacent to an activating group) is 1. The van der Waals surface area contributed by atoms with Crippen LogP contribution in [0.15, 0.2) is 30.3 Å². The van der Waals surface area contributed by atoms with Crippen LogP contribution in [0.25, 0.3) is 0 Å². The Balaban J connectivity index is 2.09. The predicted molar refractivity (Wildman–Crippen MR) is 85.7 cm³/mol. The number of sulfonamides is 1. The van der Waals surface area contributed by atoms with E-state index in [0.29, 0.717) is 0 Å². The average molecular weight is 311 g/mol. The summed E-state index contributed by atoms with van der Waals surface area (Å²) in [5, 5.41) is 0. The molecule has 6 heteroatoms. The minimum absolute atomic E-state index is 0.110. The Bertz CT molecular complexity index is 525. The maximum Gasteiger partial charge on any atom is 0.211 e. The minimum atomic E-state index is -3.22. The molecule has 1 fully saturated rings. The van der Waals surface area contributed by atoms with Gasteiger partial charge in [0.1, 0.15) is 0 Å². The van der Waals surface area contributed by atoms with Crippen molar-refractivity contribution in [1.82, 2.24) is 14.5 Å². The van der Waals surface area contributed by atoms with Gasteiger partial charge in [-0.05, 0) is 19.5 Å². The Morgan fingerprint density at radius 3 is 2.33 bits per heavy atom. The molecular formula is C15H25N3O2S. The largest absolute Gasteiger partial charge is 0.304 e. The van der Waals surface area contributed by atoms with Crippen molar-refractivity contribution in [3.8, 4) is 0 Å². The molecular weight excluding hydrogens is 286 g/mol. The molecule has 1 aliphatic rings. The van der Waals surface area contributed by atoms with E-state index >= 15 is 0 Å². The first-order chi connectivity index (χ1) is 10.00. The van der Waals surface area contributed by atoms with Crippen LogP contribution in [0.3, 0.4) is 0 Å². The fourth-order valence-corrected chi connectivity index (χ4v) is 3.30. The molecule has 0 saturated carbocycles. The zero-order chi connectivity index (χ0) is 15.3. The second kappa shape index (κ2) is 7.35. The van der Waals surface area contributed by atoms with E-state index in [2.05, 4.69) is 21.6 Å². The van der Waals surface area contributed by atoms with Gasteiger partial charge in [0.15, 0.2) is 0 Å². The van der Waals surface area contributed by atoms with E-state index in [0.717, 1.165) is 38.3 Å². The number of benzene rings is 1. The van der Waals surface area contributed by atoms with Gasteiger partial charge in [0.2, 0.25) is 10.0 Å². The van der Waals surface area contributed by atoms with Gasteiger partial charge in [0, 0.05) is 32.7 Å². The lowest BCUT2D eigenvalue weighted by atomic mass is 10.1. The molecule has 118 valence electrons. The standard InChI is InChI=1S/C15H25N3O2S/c1-3-21(19,20)16-15(14-7-5-4-6-8-14)13-18-11-9-17(2)10-12-18/h4-8,15-16H,3,9-13H2,1-2H3/t15-/m0/s1. The van der Waals surface area contributed by atoms with E-state index in [4.69, 9.17) is 0 Å². The molecule has 1 N–H and O–H groups in total. The van der Waals surface area contributed by atoms with E-state index in [1.807, 2.05) is 30.3 Å². The van der Waals surface area contributed by atoms with Gasteiger partial charge in [0.25, 0.3) is 0 Å². The summed E-state index contributed by atoms with van der Waals surface area (Å²) in [4.78, 5) is 4.63. The van der Waals surface area contributed by atoms with E-state index < -0.39 is 10.0 Å². The third-order valence-corrected chi connectivity index (χ3v) is 5.34. The number of hydrogen-bond donors (Lipinski definition) is 1. The van der Waals surface area contributed by atoms with E-state index in [-0.39, 0.29) is 11.8 Å². The number of rotatable bonds is 6. The summed E-state index contributed by atoms with van der Waals surface area (Å²) in [5.41, 5.74) is 1.02. The van der Waals surface area contributed by atoms with Crippen molar-refractivity contribution in [2.75, 3.05) is 45.5 Å². The van der Waals surface area contributed by atoms with Gasteiger partial charge in [0.05, 0.1) is 11.8 Å². The second-order valence-electron chi connectivity index (χ2n) is 5.59. The van der Waals surface area contributed by atoms with Crippen molar-refractivity contribution >= 4 is 10.0 Å². The Labute approximate surface area is 128 Å². The van der Waals surface area contributed by atoms with Crippen LogP contribution in [0.5, 0.6) is 0 Å². The highest BCUT2D eigenvalue weighted by Crippen LogP contribution is 2.16. The van der Waals surface area contributed by atoms with Crippen LogP contribution >= 0.6 is 0 Å². The zero-order valence-corrected chi connectivity index (χ0v) is 13.6. The minimum Gasteiger partial charge on any atom is -0.304 e. The molecule has 0 unspecified atom stereocenters. The van der Waals surface area contributed by atoms with Crippen molar-refractivity contribution in [2.24, 2.45) is 0 Å². The van der Waals surface area contributed by atoms with Crippen LogP contribution in [0.1, 0.15) is 18.5 Å². The number of nitrogens with one attached hydrogen (secondary N) is 1. The molecule has 21 heavy (non-hydrogen) atoms. The molecule has 2 rings (SSSR count). The Hall–Kier alpha value is -0.950. The molecule has 0 radical (unpaired) electrons. The Morgan fingerprint density at radius 1 is 1.14 bits per heavy atom. The van der Waals surface area contributed by atoms with Crippen molar-refractivity contribution in [3.63, 3.8) is 0 Å². The van der Waals surface area contributed by atoms with E-state index in [9.17, 15) is 8.42 Å². The molecule has 0 amide bonds. The van der Waals surface area contributed by atoms with Gasteiger partial charge >= 0.3 is 0 Å². The lowest BCUT2D eigenvalue weighted by molar-refractivity contribution is 0.145. The number of hydrogen-bond acceptors (Lipinski definition) is 4. The number of piperazine rings is 1. The highest BCUT2D eigenvalue weighted by Gasteiger charge is 2.22. The molecule has 0 aliphatic carbocycles. The molecule has 1 saturated heterocycles. The van der Waals surface area contributed by atoms with Gasteiger partial charge < -0.3 is 4.90 Å². The van der Waals surface area contributed by atoms with E-state index in [1.54, 1.807) is 6.92 Å². The lowest BCUT2D eigenvalue weighted by Crippen LogP contribution is -2.48. The first-order valence-electron chi connectivity index (χ1n) is 7.46. The third-order valence-electron chi connectivity index (χ3n) is 3.94. The molecule has 0 bridgehead atoms. The molecule has 0 aromatic heterocycles. The summed E-state index contributed by atoms with van der Waals surface area (Å²) < 4.78 is 26.7. The van der Waals surface area contributed by atoms with E-state index in [1.165, 1.54) is 0 Å². The maximum absolute atomic E-state index is 11.9. The van der Waals surface area contributed by atoms with Gasteiger partial charge in [-0.2, -0.15) is 0 Å². The Kier molecular flexibility index (Phi) is 5.75. The van der Waals surface area contributed by atoms with Crippen molar-refractivity contribution in [2.45, 2.75) is 13.0 Å². The summed E-state index contributed by atoms with van der Waals surface area (Å²) in [6.07, 6.45) is 0. The van der Waals surface area contributed by atoms with Gasteiger partial charge in [-0.25, -0.2) is 13.1 Å². The first-order valence-corrected chi connectivity index (χ1v) is 9.11. The quantitative estimate of drug-likeness (QED) is 0.849. The Morgan fingerprint density at radius 2 is 1.76 bits per heavy atom. The van der Waals surface area contributed by atoms with Crippen LogP contribution in [0.4, 0.5) is 0 Å². The maximum atomic E-state index is 11.9. The van der Waals surface area contributed by atoms with Crippen LogP contribution in [-0.4, -0.2) is 63.7 Å². The summed E-state index contributed by atoms with van der Waals surface area (Å²) in [7, 11) is -1.10. The normalized spacial score (nSPS) is 19.5. The molecule has 0 spiro atoms. The summed E-state index contributed by atoms with van der Waals surface area (Å²) in [6, 6.07) is 9.64. The lowest BCUT2D eigenvalue weighted by Gasteiger charge is -2.34. The zero-order valence-electron chi connectivity index (χ0n) is 12.8. The summed E-state index contributed by atoms with van der Waals surface area (Å²) >= 11 is 0.